The van der Waals surface area contributed by atoms with E-state index in [-0.39, 0.29) is 12.1 Å². The molecule has 1 aliphatic heterocycles. The molecule has 0 aliphatic carbocycles. The van der Waals surface area contributed by atoms with Crippen LogP contribution in [0.2, 0.25) is 0 Å². The monoisotopic (exact) mass is 308 g/mol. The molecular formula is C20H24N2O. The fraction of sp³-hybridized carbons (Fsp3) is 0.350. The average molecular weight is 308 g/mol. The van der Waals surface area contributed by atoms with E-state index in [1.165, 1.54) is 24.0 Å². The van der Waals surface area contributed by atoms with Gasteiger partial charge in [0.25, 0.3) is 0 Å². The van der Waals surface area contributed by atoms with Crippen LogP contribution >= 0.6 is 0 Å². The van der Waals surface area contributed by atoms with Crippen LogP contribution < -0.4 is 5.32 Å². The first-order valence-corrected chi connectivity index (χ1v) is 8.43. The Kier molecular flexibility index (Phi) is 4.96. The summed E-state index contributed by atoms with van der Waals surface area (Å²) in [7, 11) is 0. The van der Waals surface area contributed by atoms with Crippen LogP contribution in [0.3, 0.4) is 0 Å². The largest absolute Gasteiger partial charge is 0.322 e. The number of carbonyl (C=O) groups excluding carboxylic acids is 1. The van der Waals surface area contributed by atoms with Gasteiger partial charge in [0.2, 0.25) is 0 Å². The number of hydrogen-bond acceptors (Lipinski definition) is 1. The number of hydrogen-bond donors (Lipinski definition) is 1. The summed E-state index contributed by atoms with van der Waals surface area (Å²) < 4.78 is 0. The van der Waals surface area contributed by atoms with Crippen molar-refractivity contribution < 1.29 is 4.79 Å². The molecule has 3 heteroatoms. The molecule has 120 valence electrons. The third-order valence-electron chi connectivity index (χ3n) is 4.47. The van der Waals surface area contributed by atoms with Gasteiger partial charge in [0, 0.05) is 12.2 Å². The number of anilines is 1. The Morgan fingerprint density at radius 3 is 2.65 bits per heavy atom. The number of nitrogens with one attached hydrogen (secondary N) is 1. The lowest BCUT2D eigenvalue weighted by Gasteiger charge is -2.30. The third-order valence-corrected chi connectivity index (χ3v) is 4.47. The molecule has 3 rings (SSSR count). The fourth-order valence-electron chi connectivity index (χ4n) is 3.29. The molecule has 1 N–H and O–H groups in total. The summed E-state index contributed by atoms with van der Waals surface area (Å²) in [6.45, 7) is 2.92. The molecule has 0 radical (unpaired) electrons. The lowest BCUT2D eigenvalue weighted by Crippen LogP contribution is -2.38. The molecule has 3 nitrogen and oxygen atoms in total. The fourth-order valence-corrected chi connectivity index (χ4v) is 3.29. The quantitative estimate of drug-likeness (QED) is 0.818. The summed E-state index contributed by atoms with van der Waals surface area (Å²) in [6.07, 6.45) is 4.47. The van der Waals surface area contributed by atoms with Crippen LogP contribution in [0.1, 0.15) is 42.9 Å². The molecule has 1 heterocycles. The number of urea groups is 1. The lowest BCUT2D eigenvalue weighted by molar-refractivity contribution is 0.189. The minimum Gasteiger partial charge on any atom is -0.317 e. The summed E-state index contributed by atoms with van der Waals surface area (Å²) >= 11 is 0. The second-order valence-electron chi connectivity index (χ2n) is 6.27. The van der Waals surface area contributed by atoms with E-state index in [2.05, 4.69) is 36.5 Å². The zero-order valence-electron chi connectivity index (χ0n) is 13.7. The molecule has 1 atom stereocenters. The van der Waals surface area contributed by atoms with Gasteiger partial charge in [-0.3, -0.25) is 0 Å². The molecule has 1 fully saturated rings. The van der Waals surface area contributed by atoms with Gasteiger partial charge in [0.15, 0.2) is 0 Å². The van der Waals surface area contributed by atoms with Crippen LogP contribution in [-0.4, -0.2) is 17.5 Å². The first-order chi connectivity index (χ1) is 11.2. The average Bonchev–Trinajstić information content (AvgIpc) is 2.82. The van der Waals surface area contributed by atoms with E-state index in [0.29, 0.717) is 0 Å². The van der Waals surface area contributed by atoms with Crippen molar-refractivity contribution in [2.24, 2.45) is 0 Å². The smallest absolute Gasteiger partial charge is 0.317 e. The number of likely N-dealkylation sites (tertiary alicyclic amines) is 1. The predicted molar refractivity (Wildman–Crippen MR) is 94.6 cm³/mol. The Hall–Kier alpha value is -2.29. The van der Waals surface area contributed by atoms with Crippen LogP contribution in [0, 0.1) is 6.92 Å². The molecule has 2 aromatic rings. The highest BCUT2D eigenvalue weighted by molar-refractivity contribution is 5.89. The summed E-state index contributed by atoms with van der Waals surface area (Å²) in [5, 5.41) is 3.04. The van der Waals surface area contributed by atoms with Gasteiger partial charge in [-0.2, -0.15) is 0 Å². The van der Waals surface area contributed by atoms with Crippen molar-refractivity contribution in [3.05, 3.63) is 65.7 Å². The molecular weight excluding hydrogens is 284 g/mol. The van der Waals surface area contributed by atoms with Crippen LogP contribution in [0.25, 0.3) is 0 Å². The molecule has 0 bridgehead atoms. The molecule has 1 aliphatic rings. The third kappa shape index (κ3) is 3.92. The van der Waals surface area contributed by atoms with Crippen LogP contribution in [-0.2, 0) is 0 Å². The first kappa shape index (κ1) is 15.6. The van der Waals surface area contributed by atoms with Gasteiger partial charge in [0.05, 0.1) is 6.04 Å². The highest BCUT2D eigenvalue weighted by Crippen LogP contribution is 2.31. The second-order valence-corrected chi connectivity index (χ2v) is 6.27. The van der Waals surface area contributed by atoms with Gasteiger partial charge in [-0.25, -0.2) is 4.79 Å². The number of para-hydroxylation sites is 1. The Bertz CT molecular complexity index is 654. The molecule has 23 heavy (non-hydrogen) atoms. The molecule has 0 aromatic heterocycles. The number of carbonyl (C=O) groups is 1. The van der Waals surface area contributed by atoms with Gasteiger partial charge < -0.3 is 10.2 Å². The molecule has 0 unspecified atom stereocenters. The second kappa shape index (κ2) is 7.32. The van der Waals surface area contributed by atoms with E-state index in [1.807, 2.05) is 35.2 Å². The van der Waals surface area contributed by atoms with E-state index >= 15 is 0 Å². The Morgan fingerprint density at radius 1 is 1.04 bits per heavy atom. The minimum absolute atomic E-state index is 0.00426. The highest BCUT2D eigenvalue weighted by atomic mass is 16.2. The maximum absolute atomic E-state index is 12.8. The highest BCUT2D eigenvalue weighted by Gasteiger charge is 2.26. The molecule has 2 amide bonds. The van der Waals surface area contributed by atoms with E-state index in [4.69, 9.17) is 0 Å². The molecule has 0 spiro atoms. The summed E-state index contributed by atoms with van der Waals surface area (Å²) in [5.41, 5.74) is 3.34. The maximum atomic E-state index is 12.8. The van der Waals surface area contributed by atoms with E-state index in [1.54, 1.807) is 0 Å². The van der Waals surface area contributed by atoms with Crippen LogP contribution in [0.15, 0.2) is 54.6 Å². The Balaban J connectivity index is 1.82. The van der Waals surface area contributed by atoms with Crippen molar-refractivity contribution in [2.45, 2.75) is 38.6 Å². The zero-order valence-corrected chi connectivity index (χ0v) is 13.7. The van der Waals surface area contributed by atoms with Gasteiger partial charge in [-0.15, -0.1) is 0 Å². The van der Waals surface area contributed by atoms with Gasteiger partial charge in [-0.1, -0.05) is 60.9 Å². The number of rotatable bonds is 2. The molecule has 2 aromatic carbocycles. The minimum atomic E-state index is 0.00426. The molecule has 0 saturated carbocycles. The van der Waals surface area contributed by atoms with Crippen molar-refractivity contribution in [1.82, 2.24) is 4.90 Å². The number of aryl methyl sites for hydroxylation is 1. The Morgan fingerprint density at radius 2 is 1.87 bits per heavy atom. The van der Waals surface area contributed by atoms with E-state index < -0.39 is 0 Å². The number of amides is 2. The van der Waals surface area contributed by atoms with Crippen molar-refractivity contribution in [3.8, 4) is 0 Å². The first-order valence-electron chi connectivity index (χ1n) is 8.43. The van der Waals surface area contributed by atoms with Crippen LogP contribution in [0.5, 0.6) is 0 Å². The van der Waals surface area contributed by atoms with Gasteiger partial charge in [-0.05, 0) is 37.5 Å². The summed E-state index contributed by atoms with van der Waals surface area (Å²) in [4.78, 5) is 14.8. The standard InChI is InChI=1S/C20H24N2O/c1-16-9-8-10-17(15-16)19-13-6-3-7-14-22(19)20(23)21-18-11-4-2-5-12-18/h2,4-5,8-12,15,19H,3,6-7,13-14H2,1H3,(H,21,23)/t19-/m1/s1. The summed E-state index contributed by atoms with van der Waals surface area (Å²) in [5.74, 6) is 0. The van der Waals surface area contributed by atoms with Gasteiger partial charge in [0.1, 0.15) is 0 Å². The van der Waals surface area contributed by atoms with Crippen molar-refractivity contribution in [2.75, 3.05) is 11.9 Å². The zero-order chi connectivity index (χ0) is 16.1. The maximum Gasteiger partial charge on any atom is 0.322 e. The van der Waals surface area contributed by atoms with Crippen LogP contribution in [0.4, 0.5) is 10.5 Å². The van der Waals surface area contributed by atoms with Crippen molar-refractivity contribution in [1.29, 1.82) is 0 Å². The van der Waals surface area contributed by atoms with Crippen molar-refractivity contribution in [3.63, 3.8) is 0 Å². The number of benzene rings is 2. The van der Waals surface area contributed by atoms with Crippen molar-refractivity contribution >= 4 is 11.7 Å². The lowest BCUT2D eigenvalue weighted by atomic mass is 9.99. The van der Waals surface area contributed by atoms with Gasteiger partial charge >= 0.3 is 6.03 Å². The summed E-state index contributed by atoms with van der Waals surface area (Å²) in [6, 6.07) is 18.4. The topological polar surface area (TPSA) is 32.3 Å². The van der Waals surface area contributed by atoms with E-state index in [0.717, 1.165) is 25.1 Å². The SMILES string of the molecule is Cc1cccc([C@H]2CCCCCN2C(=O)Nc2ccccc2)c1. The molecule has 1 saturated heterocycles. The number of nitrogens with zero attached hydrogens (tertiary/aromatic N) is 1. The van der Waals surface area contributed by atoms with E-state index in [9.17, 15) is 4.79 Å². The Labute approximate surface area is 138 Å². The normalized spacial score (nSPS) is 18.3. The predicted octanol–water partition coefficient (Wildman–Crippen LogP) is 5.14.